The van der Waals surface area contributed by atoms with Gasteiger partial charge in [0.25, 0.3) is 5.91 Å². The van der Waals surface area contributed by atoms with Gasteiger partial charge in [-0.1, -0.05) is 13.0 Å². The number of nitrogens with one attached hydrogen (secondary N) is 2. The number of pyridine rings is 1. The first-order valence-corrected chi connectivity index (χ1v) is 8.19. The lowest BCUT2D eigenvalue weighted by molar-refractivity contribution is -0.274. The Morgan fingerprint density at radius 2 is 1.90 bits per heavy atom. The Balaban J connectivity index is 2.40. The van der Waals surface area contributed by atoms with Gasteiger partial charge in [-0.25, -0.2) is 9.37 Å². The Morgan fingerprint density at radius 3 is 2.45 bits per heavy atom. The molecule has 1 atom stereocenters. The van der Waals surface area contributed by atoms with Gasteiger partial charge in [0.05, 0.1) is 5.56 Å². The number of ether oxygens (including phenoxy) is 1. The average Bonchev–Trinajstić information content (AvgIpc) is 2.60. The zero-order valence-corrected chi connectivity index (χ0v) is 15.0. The third kappa shape index (κ3) is 5.96. The highest BCUT2D eigenvalue weighted by Gasteiger charge is 2.31. The maximum absolute atomic E-state index is 14.3. The van der Waals surface area contributed by atoms with Crippen LogP contribution in [0, 0.1) is 5.82 Å². The molecule has 0 saturated carbocycles. The van der Waals surface area contributed by atoms with Gasteiger partial charge in [-0.3, -0.25) is 9.59 Å². The second-order valence-electron chi connectivity index (χ2n) is 5.79. The number of amides is 2. The van der Waals surface area contributed by atoms with E-state index in [1.807, 2.05) is 0 Å². The number of nitrogens with zero attached hydrogens (tertiary/aromatic N) is 1. The molecule has 0 aliphatic heterocycles. The maximum Gasteiger partial charge on any atom is 0.573 e. The van der Waals surface area contributed by atoms with Crippen LogP contribution in [0.4, 0.5) is 34.9 Å². The van der Waals surface area contributed by atoms with Crippen LogP contribution in [0.5, 0.6) is 5.75 Å². The Morgan fingerprint density at radius 1 is 1.21 bits per heavy atom. The van der Waals surface area contributed by atoms with E-state index in [2.05, 4.69) is 20.4 Å². The second kappa shape index (κ2) is 8.63. The highest BCUT2D eigenvalue weighted by molar-refractivity contribution is 5.98. The monoisotopic (exact) mass is 415 g/mol. The first-order valence-electron chi connectivity index (χ1n) is 8.19. The third-order valence-electron chi connectivity index (χ3n) is 3.63. The lowest BCUT2D eigenvalue weighted by Gasteiger charge is -2.17. The van der Waals surface area contributed by atoms with E-state index in [9.17, 15) is 27.2 Å². The van der Waals surface area contributed by atoms with Crippen molar-refractivity contribution in [3.05, 3.63) is 41.7 Å². The zero-order valence-electron chi connectivity index (χ0n) is 15.0. The largest absolute Gasteiger partial charge is 0.573 e. The van der Waals surface area contributed by atoms with Crippen molar-refractivity contribution >= 4 is 29.1 Å². The van der Waals surface area contributed by atoms with Crippen molar-refractivity contribution < 1.29 is 31.9 Å². The molecule has 2 rings (SSSR count). The van der Waals surface area contributed by atoms with E-state index in [-0.39, 0.29) is 23.5 Å². The number of carbonyl (C=O) groups excluding carboxylic acids is 2. The molecule has 0 bridgehead atoms. The van der Waals surface area contributed by atoms with Crippen LogP contribution >= 0.6 is 0 Å². The number of rotatable bonds is 8. The molecule has 0 saturated heterocycles. The molecule has 1 unspecified atom stereocenters. The quantitative estimate of drug-likeness (QED) is 0.490. The molecule has 1 aromatic carbocycles. The molecule has 0 radical (unpaired) electrons. The molecule has 12 heteroatoms. The number of hydrogen-bond acceptors (Lipinski definition) is 6. The maximum atomic E-state index is 14.3. The molecule has 8 nitrogen and oxygen atoms in total. The van der Waals surface area contributed by atoms with E-state index in [4.69, 9.17) is 11.5 Å². The van der Waals surface area contributed by atoms with Crippen LogP contribution in [0.15, 0.2) is 30.3 Å². The standard InChI is InChI=1S/C17H17F4N5O3/c1-2-12(14(23)28)25-16-11(18)7-10(13(22)27)15(26-16)24-8-4-3-5-9(6-8)29-17(19,20)21/h3-7,12H,2H2,1H3,(H2,22,27)(H2,23,28)(H2,24,25,26). The summed E-state index contributed by atoms with van der Waals surface area (Å²) >= 11 is 0. The van der Waals surface area contributed by atoms with Gasteiger partial charge in [0, 0.05) is 11.8 Å². The van der Waals surface area contributed by atoms with E-state index in [1.165, 1.54) is 12.1 Å². The van der Waals surface area contributed by atoms with Crippen LogP contribution in [0.3, 0.4) is 0 Å². The minimum Gasteiger partial charge on any atom is -0.406 e. The Hall–Kier alpha value is -3.57. The molecule has 2 aromatic rings. The van der Waals surface area contributed by atoms with E-state index in [1.54, 1.807) is 6.92 Å². The van der Waals surface area contributed by atoms with Gasteiger partial charge in [-0.15, -0.1) is 13.2 Å². The highest BCUT2D eigenvalue weighted by Crippen LogP contribution is 2.28. The summed E-state index contributed by atoms with van der Waals surface area (Å²) in [6.45, 7) is 1.63. The van der Waals surface area contributed by atoms with Gasteiger partial charge in [0.15, 0.2) is 11.6 Å². The number of primary amides is 2. The molecule has 29 heavy (non-hydrogen) atoms. The van der Waals surface area contributed by atoms with Gasteiger partial charge in [0.2, 0.25) is 5.91 Å². The van der Waals surface area contributed by atoms with Gasteiger partial charge in [0.1, 0.15) is 17.6 Å². The average molecular weight is 415 g/mol. The summed E-state index contributed by atoms with van der Waals surface area (Å²) in [6.07, 6.45) is -4.67. The van der Waals surface area contributed by atoms with Crippen molar-refractivity contribution in [1.29, 1.82) is 0 Å². The van der Waals surface area contributed by atoms with Crippen molar-refractivity contribution in [2.45, 2.75) is 25.7 Å². The SMILES string of the molecule is CCC(Nc1nc(Nc2cccc(OC(F)(F)F)c2)c(C(N)=O)cc1F)C(N)=O. The number of benzene rings is 1. The molecule has 6 N–H and O–H groups in total. The van der Waals surface area contributed by atoms with Crippen LogP contribution in [0.25, 0.3) is 0 Å². The summed E-state index contributed by atoms with van der Waals surface area (Å²) in [7, 11) is 0. The first-order chi connectivity index (χ1) is 13.5. The lowest BCUT2D eigenvalue weighted by Crippen LogP contribution is -2.35. The number of halogens is 4. The lowest BCUT2D eigenvalue weighted by atomic mass is 10.2. The van der Waals surface area contributed by atoms with Crippen LogP contribution in [0.1, 0.15) is 23.7 Å². The van der Waals surface area contributed by atoms with Crippen molar-refractivity contribution in [2.24, 2.45) is 11.5 Å². The van der Waals surface area contributed by atoms with Crippen LogP contribution in [-0.4, -0.2) is 29.2 Å². The highest BCUT2D eigenvalue weighted by atomic mass is 19.4. The minimum absolute atomic E-state index is 0.0567. The molecule has 0 aliphatic rings. The van der Waals surface area contributed by atoms with E-state index >= 15 is 0 Å². The molecule has 156 valence electrons. The minimum atomic E-state index is -4.90. The number of carbonyl (C=O) groups is 2. The number of alkyl halides is 3. The Bertz CT molecular complexity index is 920. The molecular weight excluding hydrogens is 398 g/mol. The number of nitrogens with two attached hydrogens (primary N) is 2. The predicted molar refractivity (Wildman–Crippen MR) is 96.0 cm³/mol. The van der Waals surface area contributed by atoms with Crippen molar-refractivity contribution in [2.75, 3.05) is 10.6 Å². The van der Waals surface area contributed by atoms with Crippen molar-refractivity contribution in [3.8, 4) is 5.75 Å². The summed E-state index contributed by atoms with van der Waals surface area (Å²) in [5.41, 5.74) is 10.1. The smallest absolute Gasteiger partial charge is 0.406 e. The van der Waals surface area contributed by atoms with Gasteiger partial charge < -0.3 is 26.8 Å². The fraction of sp³-hybridized carbons (Fsp3) is 0.235. The Kier molecular flexibility index (Phi) is 6.46. The molecule has 0 spiro atoms. The topological polar surface area (TPSA) is 132 Å². The molecule has 2 amide bonds. The molecular formula is C17H17F4N5O3. The molecule has 0 aliphatic carbocycles. The summed E-state index contributed by atoms with van der Waals surface area (Å²) < 4.78 is 55.3. The van der Waals surface area contributed by atoms with Crippen molar-refractivity contribution in [3.63, 3.8) is 0 Å². The molecule has 1 heterocycles. The summed E-state index contributed by atoms with van der Waals surface area (Å²) in [5.74, 6) is -3.92. The number of anilines is 3. The normalized spacial score (nSPS) is 12.2. The van der Waals surface area contributed by atoms with E-state index in [0.29, 0.717) is 0 Å². The van der Waals surface area contributed by atoms with Crippen LogP contribution < -0.4 is 26.8 Å². The second-order valence-corrected chi connectivity index (χ2v) is 5.79. The molecule has 0 fully saturated rings. The fourth-order valence-electron chi connectivity index (χ4n) is 2.32. The fourth-order valence-corrected chi connectivity index (χ4v) is 2.32. The zero-order chi connectivity index (χ0) is 21.8. The predicted octanol–water partition coefficient (Wildman–Crippen LogP) is 2.64. The Labute approximate surface area is 162 Å². The van der Waals surface area contributed by atoms with Gasteiger partial charge in [-0.05, 0) is 24.6 Å². The summed E-state index contributed by atoms with van der Waals surface area (Å²) in [4.78, 5) is 26.9. The molecule has 1 aromatic heterocycles. The van der Waals surface area contributed by atoms with Crippen LogP contribution in [-0.2, 0) is 4.79 Å². The first kappa shape index (κ1) is 21.7. The third-order valence-corrected chi connectivity index (χ3v) is 3.63. The van der Waals surface area contributed by atoms with Gasteiger partial charge in [-0.2, -0.15) is 0 Å². The van der Waals surface area contributed by atoms with Crippen LogP contribution in [0.2, 0.25) is 0 Å². The number of hydrogen-bond donors (Lipinski definition) is 4. The summed E-state index contributed by atoms with van der Waals surface area (Å²) in [6, 6.07) is 4.53. The van der Waals surface area contributed by atoms with Gasteiger partial charge >= 0.3 is 6.36 Å². The van der Waals surface area contributed by atoms with E-state index in [0.717, 1.165) is 18.2 Å². The summed E-state index contributed by atoms with van der Waals surface area (Å²) in [5, 5.41) is 5.09. The van der Waals surface area contributed by atoms with E-state index < -0.39 is 41.6 Å². The number of aromatic nitrogens is 1. The van der Waals surface area contributed by atoms with Crippen molar-refractivity contribution in [1.82, 2.24) is 4.98 Å².